The molecule has 0 radical (unpaired) electrons. The fourth-order valence-corrected chi connectivity index (χ4v) is 16.6. The fourth-order valence-electron chi connectivity index (χ4n) is 16.6. The van der Waals surface area contributed by atoms with E-state index in [4.69, 9.17) is 85.3 Å². The van der Waals surface area contributed by atoms with E-state index in [9.17, 15) is 86.3 Å². The topological polar surface area (TPSA) is 473 Å². The van der Waals surface area contributed by atoms with Gasteiger partial charge in [-0.2, -0.15) is 0 Å². The summed E-state index contributed by atoms with van der Waals surface area (Å²) in [7, 11) is 0. The highest BCUT2D eigenvalue weighted by atomic mass is 16.7. The van der Waals surface area contributed by atoms with Crippen LogP contribution in [0.15, 0.2) is 72.9 Å². The molecule has 702 valence electrons. The Morgan fingerprint density at radius 1 is 0.339 bits per heavy atom. The molecule has 36 nitrogen and oxygen atoms in total. The van der Waals surface area contributed by atoms with Crippen LogP contribution in [0.4, 0.5) is 0 Å². The van der Waals surface area contributed by atoms with Crippen molar-refractivity contribution in [2.45, 2.75) is 308 Å². The smallest absolute Gasteiger partial charge is 0.333 e. The Hall–Kier alpha value is -11.1. The number of hydrogen-bond donors (Lipinski definition) is 0. The molecule has 36 heteroatoms. The van der Waals surface area contributed by atoms with Crippen LogP contribution in [0.3, 0.4) is 0 Å². The van der Waals surface area contributed by atoms with Crippen LogP contribution in [0.5, 0.6) is 0 Å². The second kappa shape index (κ2) is 44.6. The summed E-state index contributed by atoms with van der Waals surface area (Å²) in [5.74, 6) is -7.62. The normalized spacial score (nSPS) is 30.9. The molecular weight excluding hydrogens is 1670 g/mol. The third-order valence-corrected chi connectivity index (χ3v) is 24.3. The van der Waals surface area contributed by atoms with Gasteiger partial charge in [0.05, 0.1) is 74.0 Å². The van der Waals surface area contributed by atoms with Crippen molar-refractivity contribution in [2.75, 3.05) is 39.6 Å². The van der Waals surface area contributed by atoms with Crippen LogP contribution in [-0.2, 0) is 172 Å². The molecule has 13 fully saturated rings. The van der Waals surface area contributed by atoms with E-state index in [1.807, 2.05) is 6.92 Å². The maximum absolute atomic E-state index is 12.0. The monoisotopic (exact) mass is 1790 g/mol. The number of hydrogen-bond acceptors (Lipinski definition) is 36. The van der Waals surface area contributed by atoms with Crippen molar-refractivity contribution in [1.29, 1.82) is 0 Å². The quantitative estimate of drug-likeness (QED) is 0.0367. The molecule has 13 rings (SSSR count). The minimum absolute atomic E-state index is 0.0143. The molecule has 0 spiro atoms. The summed E-state index contributed by atoms with van der Waals surface area (Å²) in [6.45, 7) is 42.4. The maximum atomic E-state index is 12.0. The molecule has 0 aromatic heterocycles. The molecule has 12 bridgehead atoms. The van der Waals surface area contributed by atoms with Crippen molar-refractivity contribution in [3.63, 3.8) is 0 Å². The zero-order valence-corrected chi connectivity index (χ0v) is 75.0. The number of carbonyl (C=O) groups is 18. The lowest BCUT2D eigenvalue weighted by atomic mass is 9.71. The van der Waals surface area contributed by atoms with Gasteiger partial charge in [-0.1, -0.05) is 46.4 Å². The van der Waals surface area contributed by atoms with Gasteiger partial charge in [-0.25, -0.2) is 28.8 Å². The lowest BCUT2D eigenvalue weighted by Crippen LogP contribution is -2.57. The Labute approximate surface area is 737 Å². The molecule has 7 saturated heterocycles. The SMILES string of the molecule is C=C(C)C(=O)OCCC(=O)OC1(C)CCC2CC1(C)OC2=O.C=C(C)C(=O)OCCC(=O)OC1(C)CCC2CC1OC2=O.C=C(C)C(=O)OCCC(=O)OC1C(C)CC2CC1(C)OC2=O.C=C(C)C(=O)OCCC(=O)OC1CC2CCC1(C)OC2=O.C=C(C)C(=O)OCCC(=O)OC1CCC2CC1(C)OC2=O.C=C(C)C(=O)OCCC(=O)OC1CCC2CC1OC2=O. The van der Waals surface area contributed by atoms with Gasteiger partial charge in [0.2, 0.25) is 0 Å². The molecular formula is C91H122O36. The van der Waals surface area contributed by atoms with Crippen molar-refractivity contribution < 1.29 is 172 Å². The van der Waals surface area contributed by atoms with Gasteiger partial charge in [-0.05, 0) is 160 Å². The standard InChI is InChI=1S/2C16H22O6.3C15H20O6.C14H18O6/c1-10(2)13(18)20-8-6-12(17)21-15(3)7-5-11-9-16(15,4)22-14(11)19;1-9(2)14(18)20-6-5-12(17)21-13-10(3)7-11-8-16(13,4)22-15(11)19;1-9(2)13(17)19-7-5-12(16)21-15(3)6-4-10-8-11(15)20-14(10)18;1-9(2)13(17)19-7-5-12(16)20-11-8-10-4-6-15(11,3)21-14(10)18;1-9(2)13(17)19-7-6-12(16)20-11-5-4-10-8-15(11,3)21-14(10)18;1-8(2)13(16)18-6-5-12(15)19-10-4-3-9-7-11(10)20-14(9)17/h11H,1,5-9H2,2-4H3;10-11,13H,1,5-8H2,2-4H3;3*10-11H,1,4-8H2,2-3H3;9-11H,1,3-7H2,2H3. The van der Waals surface area contributed by atoms with Gasteiger partial charge in [0, 0.05) is 72.0 Å². The number of fused-ring (bicyclic) bond motifs is 13. The number of ether oxygens (including phenoxy) is 18. The van der Waals surface area contributed by atoms with Crippen molar-refractivity contribution >= 4 is 107 Å². The molecule has 7 aliphatic heterocycles. The zero-order valence-electron chi connectivity index (χ0n) is 75.0. The predicted molar refractivity (Wildman–Crippen MR) is 437 cm³/mol. The zero-order chi connectivity index (χ0) is 94.6. The Balaban J connectivity index is 0.000000209. The minimum Gasteiger partial charge on any atom is -0.462 e. The van der Waals surface area contributed by atoms with Crippen molar-refractivity contribution in [2.24, 2.45) is 41.4 Å². The molecule has 0 amide bonds. The Kier molecular flexibility index (Phi) is 36.1. The van der Waals surface area contributed by atoms with Crippen molar-refractivity contribution in [3.8, 4) is 0 Å². The van der Waals surface area contributed by atoms with Crippen LogP contribution in [0.1, 0.15) is 238 Å². The second-order valence-corrected chi connectivity index (χ2v) is 35.6. The van der Waals surface area contributed by atoms with Gasteiger partial charge < -0.3 is 85.3 Å². The van der Waals surface area contributed by atoms with E-state index in [2.05, 4.69) is 39.5 Å². The summed E-state index contributed by atoms with van der Waals surface area (Å²) in [4.78, 5) is 208. The van der Waals surface area contributed by atoms with E-state index >= 15 is 0 Å². The predicted octanol–water partition coefficient (Wildman–Crippen LogP) is 9.39. The highest BCUT2D eigenvalue weighted by Gasteiger charge is 2.62. The first-order valence-corrected chi connectivity index (χ1v) is 42.8. The van der Waals surface area contributed by atoms with Gasteiger partial charge in [-0.3, -0.25) is 57.5 Å². The molecule has 127 heavy (non-hydrogen) atoms. The Bertz CT molecular complexity index is 4240. The van der Waals surface area contributed by atoms with Gasteiger partial charge in [0.25, 0.3) is 0 Å². The molecule has 6 aliphatic carbocycles. The second-order valence-electron chi connectivity index (χ2n) is 35.6. The average Bonchev–Trinajstić information content (AvgIpc) is 2.43. The van der Waals surface area contributed by atoms with Crippen LogP contribution >= 0.6 is 0 Å². The highest BCUT2D eigenvalue weighted by Crippen LogP contribution is 2.52. The summed E-state index contributed by atoms with van der Waals surface area (Å²) in [6.07, 6.45) is 8.23. The van der Waals surface area contributed by atoms with E-state index in [-0.39, 0.29) is 207 Å². The third-order valence-electron chi connectivity index (χ3n) is 24.3. The van der Waals surface area contributed by atoms with Crippen LogP contribution < -0.4 is 0 Å². The Morgan fingerprint density at radius 3 is 1.20 bits per heavy atom. The van der Waals surface area contributed by atoms with E-state index in [1.54, 1.807) is 41.5 Å². The van der Waals surface area contributed by atoms with Gasteiger partial charge in [0.15, 0.2) is 0 Å². The largest absolute Gasteiger partial charge is 0.462 e. The molecule has 0 aromatic rings. The van der Waals surface area contributed by atoms with Gasteiger partial charge >= 0.3 is 107 Å². The third kappa shape index (κ3) is 28.4. The van der Waals surface area contributed by atoms with Crippen LogP contribution in [0, 0.1) is 41.4 Å². The minimum atomic E-state index is -0.842. The molecule has 6 saturated carbocycles. The number of carbonyl (C=O) groups excluding carboxylic acids is 18. The van der Waals surface area contributed by atoms with Gasteiger partial charge in [-0.15, -0.1) is 0 Å². The molecule has 7 heterocycles. The van der Waals surface area contributed by atoms with Crippen LogP contribution in [0.25, 0.3) is 0 Å². The number of esters is 18. The summed E-state index contributed by atoms with van der Waals surface area (Å²) in [6, 6.07) is 0. The lowest BCUT2D eigenvalue weighted by molar-refractivity contribution is -0.218. The first kappa shape index (κ1) is 103. The van der Waals surface area contributed by atoms with Crippen LogP contribution in [0.2, 0.25) is 0 Å². The molecule has 19 unspecified atom stereocenters. The summed E-state index contributed by atoms with van der Waals surface area (Å²) in [5, 5.41) is 0. The summed E-state index contributed by atoms with van der Waals surface area (Å²) >= 11 is 0. The van der Waals surface area contributed by atoms with E-state index in [0.717, 1.165) is 6.42 Å². The first-order chi connectivity index (χ1) is 59.3. The summed E-state index contributed by atoms with van der Waals surface area (Å²) in [5.41, 5.74) is -2.89. The molecule has 0 aromatic carbocycles. The van der Waals surface area contributed by atoms with E-state index in [0.29, 0.717) is 103 Å². The average molecular weight is 1790 g/mol. The van der Waals surface area contributed by atoms with E-state index < -0.39 is 124 Å². The lowest BCUT2D eigenvalue weighted by Gasteiger charge is -2.47. The van der Waals surface area contributed by atoms with E-state index in [1.165, 1.54) is 41.5 Å². The Morgan fingerprint density at radius 2 is 0.709 bits per heavy atom. The first-order valence-electron chi connectivity index (χ1n) is 42.8. The fraction of sp³-hybridized carbons (Fsp3) is 0.670. The highest BCUT2D eigenvalue weighted by molar-refractivity contribution is 5.90. The molecule has 13 aliphatic rings. The van der Waals surface area contributed by atoms with Crippen molar-refractivity contribution in [1.82, 2.24) is 0 Å². The number of rotatable bonds is 30. The molecule has 19 atom stereocenters. The van der Waals surface area contributed by atoms with Crippen molar-refractivity contribution in [3.05, 3.63) is 72.9 Å². The summed E-state index contributed by atoms with van der Waals surface area (Å²) < 4.78 is 93.7. The van der Waals surface area contributed by atoms with Gasteiger partial charge in [0.1, 0.15) is 110 Å². The molecule has 0 N–H and O–H groups in total. The maximum Gasteiger partial charge on any atom is 0.333 e. The van der Waals surface area contributed by atoms with Crippen LogP contribution in [-0.4, -0.2) is 217 Å².